The summed E-state index contributed by atoms with van der Waals surface area (Å²) in [6.45, 7) is 8.83. The third-order valence-electron chi connectivity index (χ3n) is 5.91. The van der Waals surface area contributed by atoms with Crippen molar-refractivity contribution in [3.63, 3.8) is 0 Å². The van der Waals surface area contributed by atoms with Crippen molar-refractivity contribution < 1.29 is 9.59 Å². The monoisotopic (exact) mass is 371 g/mol. The lowest BCUT2D eigenvalue weighted by atomic mass is 9.97. The predicted octanol–water partition coefficient (Wildman–Crippen LogP) is 3.22. The Morgan fingerprint density at radius 2 is 2.11 bits per heavy atom. The standard InChI is InChI=1S/C22H33N3O2/c1-3-19-9-4-7-17(2)22(19)23-20(26)11-14-24-12-5-8-18(15-24)16-25-13-6-10-21(25)27/h4,7,9,18H,3,5-6,8,10-16H2,1-2H3,(H,23,26)/t18-/m0/s1. The number of rotatable bonds is 7. The normalized spacial score (nSPS) is 20.9. The molecule has 2 heterocycles. The second-order valence-corrected chi connectivity index (χ2v) is 8.01. The van der Waals surface area contributed by atoms with Gasteiger partial charge in [0.05, 0.1) is 0 Å². The molecule has 0 bridgehead atoms. The lowest BCUT2D eigenvalue weighted by Gasteiger charge is -2.34. The van der Waals surface area contributed by atoms with E-state index in [2.05, 4.69) is 23.2 Å². The number of hydrogen-bond donors (Lipinski definition) is 1. The number of aryl methyl sites for hydroxylation is 2. The molecular weight excluding hydrogens is 338 g/mol. The van der Waals surface area contributed by atoms with Crippen LogP contribution in [0.5, 0.6) is 0 Å². The molecule has 0 aromatic heterocycles. The maximum absolute atomic E-state index is 12.5. The van der Waals surface area contributed by atoms with Crippen LogP contribution in [0, 0.1) is 12.8 Å². The number of likely N-dealkylation sites (tertiary alicyclic amines) is 2. The van der Waals surface area contributed by atoms with Crippen molar-refractivity contribution in [3.8, 4) is 0 Å². The van der Waals surface area contributed by atoms with Crippen LogP contribution >= 0.6 is 0 Å². The lowest BCUT2D eigenvalue weighted by Crippen LogP contribution is -2.42. The summed E-state index contributed by atoms with van der Waals surface area (Å²) in [5.41, 5.74) is 3.29. The van der Waals surface area contributed by atoms with E-state index >= 15 is 0 Å². The quantitative estimate of drug-likeness (QED) is 0.801. The van der Waals surface area contributed by atoms with Crippen molar-refractivity contribution in [1.29, 1.82) is 0 Å². The molecule has 2 aliphatic rings. The molecular formula is C22H33N3O2. The third kappa shape index (κ3) is 5.32. The zero-order valence-corrected chi connectivity index (χ0v) is 16.8. The van der Waals surface area contributed by atoms with Crippen molar-refractivity contribution in [3.05, 3.63) is 29.3 Å². The Morgan fingerprint density at radius 1 is 1.26 bits per heavy atom. The Bertz CT molecular complexity index is 674. The first-order valence-electron chi connectivity index (χ1n) is 10.4. The van der Waals surface area contributed by atoms with E-state index in [0.717, 1.165) is 69.7 Å². The zero-order valence-electron chi connectivity index (χ0n) is 16.8. The van der Waals surface area contributed by atoms with Gasteiger partial charge in [-0.25, -0.2) is 0 Å². The highest BCUT2D eigenvalue weighted by Gasteiger charge is 2.26. The van der Waals surface area contributed by atoms with E-state index in [-0.39, 0.29) is 5.91 Å². The lowest BCUT2D eigenvalue weighted by molar-refractivity contribution is -0.128. The third-order valence-corrected chi connectivity index (χ3v) is 5.91. The summed E-state index contributed by atoms with van der Waals surface area (Å²) in [5.74, 6) is 0.958. The fraction of sp³-hybridized carbons (Fsp3) is 0.636. The number of para-hydroxylation sites is 1. The smallest absolute Gasteiger partial charge is 0.225 e. The number of piperidine rings is 1. The summed E-state index contributed by atoms with van der Waals surface area (Å²) < 4.78 is 0. The summed E-state index contributed by atoms with van der Waals surface area (Å²) in [6, 6.07) is 6.17. The van der Waals surface area contributed by atoms with Gasteiger partial charge in [0.25, 0.3) is 0 Å². The number of nitrogens with zero attached hydrogens (tertiary/aromatic N) is 2. The number of nitrogens with one attached hydrogen (secondary N) is 1. The summed E-state index contributed by atoms with van der Waals surface area (Å²) in [6.07, 6.45) is 5.51. The first-order chi connectivity index (χ1) is 13.1. The van der Waals surface area contributed by atoms with E-state index in [4.69, 9.17) is 0 Å². The SMILES string of the molecule is CCc1cccc(C)c1NC(=O)CCN1CCC[C@H](CN2CCCC2=O)C1. The molecule has 5 heteroatoms. The van der Waals surface area contributed by atoms with Crippen molar-refractivity contribution in [2.24, 2.45) is 5.92 Å². The molecule has 0 unspecified atom stereocenters. The van der Waals surface area contributed by atoms with Gasteiger partial charge in [-0.3, -0.25) is 9.59 Å². The highest BCUT2D eigenvalue weighted by atomic mass is 16.2. The zero-order chi connectivity index (χ0) is 19.2. The molecule has 27 heavy (non-hydrogen) atoms. The summed E-state index contributed by atoms with van der Waals surface area (Å²) in [7, 11) is 0. The summed E-state index contributed by atoms with van der Waals surface area (Å²) in [5, 5.41) is 3.13. The number of hydrogen-bond acceptors (Lipinski definition) is 3. The molecule has 2 amide bonds. The van der Waals surface area contributed by atoms with Gasteiger partial charge in [0, 0.05) is 44.7 Å². The molecule has 2 fully saturated rings. The first-order valence-corrected chi connectivity index (χ1v) is 10.4. The topological polar surface area (TPSA) is 52.7 Å². The Balaban J connectivity index is 1.46. The minimum absolute atomic E-state index is 0.0934. The van der Waals surface area contributed by atoms with Gasteiger partial charge in [0.2, 0.25) is 11.8 Å². The van der Waals surface area contributed by atoms with Crippen molar-refractivity contribution >= 4 is 17.5 Å². The van der Waals surface area contributed by atoms with E-state index in [1.54, 1.807) is 0 Å². The fourth-order valence-electron chi connectivity index (χ4n) is 4.38. The summed E-state index contributed by atoms with van der Waals surface area (Å²) in [4.78, 5) is 28.8. The number of benzene rings is 1. The van der Waals surface area contributed by atoms with Crippen LogP contribution in [-0.2, 0) is 16.0 Å². The van der Waals surface area contributed by atoms with Gasteiger partial charge < -0.3 is 15.1 Å². The second kappa shape index (κ2) is 9.36. The van der Waals surface area contributed by atoms with Crippen molar-refractivity contribution in [2.45, 2.75) is 52.4 Å². The molecule has 1 aromatic carbocycles. The van der Waals surface area contributed by atoms with Gasteiger partial charge >= 0.3 is 0 Å². The van der Waals surface area contributed by atoms with Crippen molar-refractivity contribution in [2.75, 3.05) is 38.0 Å². The van der Waals surface area contributed by atoms with Gasteiger partial charge in [-0.15, -0.1) is 0 Å². The number of amides is 2. The molecule has 0 saturated carbocycles. The van der Waals surface area contributed by atoms with Gasteiger partial charge in [0.15, 0.2) is 0 Å². The van der Waals surface area contributed by atoms with E-state index < -0.39 is 0 Å². The van der Waals surface area contributed by atoms with E-state index in [1.165, 1.54) is 12.0 Å². The highest BCUT2D eigenvalue weighted by Crippen LogP contribution is 2.22. The van der Waals surface area contributed by atoms with Crippen LogP contribution in [0.3, 0.4) is 0 Å². The molecule has 2 saturated heterocycles. The van der Waals surface area contributed by atoms with Crippen LogP contribution in [0.25, 0.3) is 0 Å². The molecule has 1 N–H and O–H groups in total. The highest BCUT2D eigenvalue weighted by molar-refractivity contribution is 5.92. The molecule has 3 rings (SSSR count). The van der Waals surface area contributed by atoms with Gasteiger partial charge in [-0.1, -0.05) is 25.1 Å². The van der Waals surface area contributed by atoms with E-state index in [9.17, 15) is 9.59 Å². The predicted molar refractivity (Wildman–Crippen MR) is 109 cm³/mol. The molecule has 148 valence electrons. The van der Waals surface area contributed by atoms with Gasteiger partial charge in [-0.2, -0.15) is 0 Å². The molecule has 1 aromatic rings. The minimum atomic E-state index is 0.0934. The fourth-order valence-corrected chi connectivity index (χ4v) is 4.38. The molecule has 0 spiro atoms. The van der Waals surface area contributed by atoms with Crippen LogP contribution in [0.4, 0.5) is 5.69 Å². The molecule has 0 radical (unpaired) electrons. The van der Waals surface area contributed by atoms with Crippen LogP contribution in [0.1, 0.15) is 50.2 Å². The molecule has 1 atom stereocenters. The molecule has 5 nitrogen and oxygen atoms in total. The van der Waals surface area contributed by atoms with Crippen LogP contribution in [0.15, 0.2) is 18.2 Å². The average molecular weight is 372 g/mol. The number of anilines is 1. The second-order valence-electron chi connectivity index (χ2n) is 8.01. The Morgan fingerprint density at radius 3 is 2.85 bits per heavy atom. The number of carbonyl (C=O) groups is 2. The minimum Gasteiger partial charge on any atom is -0.342 e. The van der Waals surface area contributed by atoms with Gasteiger partial charge in [-0.05, 0) is 56.2 Å². The van der Waals surface area contributed by atoms with Crippen molar-refractivity contribution in [1.82, 2.24) is 9.80 Å². The maximum Gasteiger partial charge on any atom is 0.225 e. The average Bonchev–Trinajstić information content (AvgIpc) is 3.06. The van der Waals surface area contributed by atoms with E-state index in [1.807, 2.05) is 24.0 Å². The molecule has 0 aliphatic carbocycles. The maximum atomic E-state index is 12.5. The summed E-state index contributed by atoms with van der Waals surface area (Å²) >= 11 is 0. The van der Waals surface area contributed by atoms with E-state index in [0.29, 0.717) is 18.2 Å². The Hall–Kier alpha value is -1.88. The van der Waals surface area contributed by atoms with Crippen LogP contribution < -0.4 is 5.32 Å². The Kier molecular flexibility index (Phi) is 6.89. The number of carbonyl (C=O) groups excluding carboxylic acids is 2. The van der Waals surface area contributed by atoms with Crippen LogP contribution in [0.2, 0.25) is 0 Å². The first kappa shape index (κ1) is 19.9. The van der Waals surface area contributed by atoms with Gasteiger partial charge in [0.1, 0.15) is 0 Å². The van der Waals surface area contributed by atoms with Crippen LogP contribution in [-0.4, -0.2) is 54.3 Å². The largest absolute Gasteiger partial charge is 0.342 e. The molecule has 2 aliphatic heterocycles. The Labute approximate surface area is 163 Å².